The fourth-order valence-corrected chi connectivity index (χ4v) is 7.18. The first kappa shape index (κ1) is 62.1. The van der Waals surface area contributed by atoms with Crippen LogP contribution < -0.4 is 19.9 Å². The number of benzene rings is 6. The van der Waals surface area contributed by atoms with Crippen LogP contribution in [0.2, 0.25) is 15.1 Å². The number of halogens is 4. The topological polar surface area (TPSA) is 320 Å². The van der Waals surface area contributed by atoms with Crippen molar-refractivity contribution in [1.29, 1.82) is 0 Å². The molecule has 0 unspecified atom stereocenters. The molecule has 82 heavy (non-hydrogen) atoms. The number of ketones is 5. The van der Waals surface area contributed by atoms with E-state index in [1.165, 1.54) is 0 Å². The SMILES string of the molecule is CC(C)(Oc1ccc(C(=O)c2ccc(Cl)cc2)cc1)C(=O)Cc1nn[nH]n1.CC(C)(Oc1ccc(C(=O)c2ccc(Cl)cc2)cc1)C(=O)Cc1nn[nH]n1.CC(C)(Oc1ccc(C(=O)c2ccc(Cl)cc2)cc1)C(=O)Cl.Nc1nn[nH]n1. The van der Waals surface area contributed by atoms with Gasteiger partial charge >= 0.3 is 0 Å². The molecule has 22 nitrogen and oxygen atoms in total. The van der Waals surface area contributed by atoms with E-state index in [1.807, 2.05) is 0 Å². The van der Waals surface area contributed by atoms with Crippen molar-refractivity contribution in [2.45, 2.75) is 71.2 Å². The fourth-order valence-electron chi connectivity index (χ4n) is 6.76. The average Bonchev–Trinajstić information content (AvgIpc) is 4.30. The van der Waals surface area contributed by atoms with Gasteiger partial charge in [-0.2, -0.15) is 15.6 Å². The molecule has 5 N–H and O–H groups in total. The van der Waals surface area contributed by atoms with Gasteiger partial charge in [0, 0.05) is 48.4 Å². The molecule has 0 aliphatic rings. The largest absolute Gasteiger partial charge is 0.480 e. The van der Waals surface area contributed by atoms with Gasteiger partial charge in [-0.25, -0.2) is 0 Å². The zero-order valence-corrected chi connectivity index (χ0v) is 47.6. The maximum Gasteiger partial charge on any atom is 0.264 e. The molecule has 422 valence electrons. The maximum atomic E-state index is 12.5. The molecule has 0 spiro atoms. The summed E-state index contributed by atoms with van der Waals surface area (Å²) >= 11 is 23.0. The van der Waals surface area contributed by atoms with Gasteiger partial charge in [-0.3, -0.25) is 28.8 Å². The van der Waals surface area contributed by atoms with Crippen molar-refractivity contribution in [1.82, 2.24) is 61.9 Å². The minimum absolute atomic E-state index is 0.0106. The van der Waals surface area contributed by atoms with Crippen molar-refractivity contribution in [2.24, 2.45) is 0 Å². The lowest BCUT2D eigenvalue weighted by molar-refractivity contribution is -0.131. The average molecular weight is 1190 g/mol. The van der Waals surface area contributed by atoms with Crippen molar-refractivity contribution in [3.8, 4) is 17.2 Å². The normalized spacial score (nSPS) is 11.0. The number of hydrogen-bond donors (Lipinski definition) is 4. The number of nitrogens with one attached hydrogen (secondary N) is 3. The first-order valence-electron chi connectivity index (χ1n) is 24.4. The van der Waals surface area contributed by atoms with E-state index in [4.69, 9.17) is 66.3 Å². The summed E-state index contributed by atoms with van der Waals surface area (Å²) in [6.07, 6.45) is 0.0211. The summed E-state index contributed by atoms with van der Waals surface area (Å²) < 4.78 is 17.1. The Labute approximate surface area is 488 Å². The van der Waals surface area contributed by atoms with Gasteiger partial charge in [0.2, 0.25) is 0 Å². The number of nitrogens with two attached hydrogens (primary N) is 1. The minimum atomic E-state index is -1.12. The zero-order valence-electron chi connectivity index (χ0n) is 44.6. The molecule has 0 amide bonds. The quantitative estimate of drug-likeness (QED) is 0.0432. The zero-order chi connectivity index (χ0) is 59.6. The Balaban J connectivity index is 0.000000189. The minimum Gasteiger partial charge on any atom is -0.480 e. The number of tetrazole rings is 3. The van der Waals surface area contributed by atoms with Crippen LogP contribution >= 0.6 is 46.4 Å². The number of Topliss-reactive ketones (excluding diaryl/α,β-unsaturated/α-hetero) is 2. The number of anilines is 1. The molecular formula is C56H51Cl4N13O9. The van der Waals surface area contributed by atoms with E-state index in [1.54, 1.807) is 187 Å². The van der Waals surface area contributed by atoms with Gasteiger partial charge in [-0.1, -0.05) is 50.3 Å². The molecule has 0 saturated heterocycles. The number of rotatable bonds is 19. The van der Waals surface area contributed by atoms with E-state index >= 15 is 0 Å². The van der Waals surface area contributed by atoms with Crippen molar-refractivity contribution in [3.63, 3.8) is 0 Å². The predicted molar refractivity (Wildman–Crippen MR) is 303 cm³/mol. The number of aromatic amines is 3. The molecular weight excluding hydrogens is 1140 g/mol. The van der Waals surface area contributed by atoms with Gasteiger partial charge in [0.05, 0.1) is 12.8 Å². The smallest absolute Gasteiger partial charge is 0.264 e. The van der Waals surface area contributed by atoms with Gasteiger partial charge in [0.1, 0.15) is 17.2 Å². The summed E-state index contributed by atoms with van der Waals surface area (Å²) in [4.78, 5) is 73.3. The highest BCUT2D eigenvalue weighted by Gasteiger charge is 2.32. The van der Waals surface area contributed by atoms with Crippen LogP contribution in [0.1, 0.15) is 101 Å². The lowest BCUT2D eigenvalue weighted by Crippen LogP contribution is -2.39. The Morgan fingerprint density at radius 2 is 0.659 bits per heavy atom. The third-order valence-electron chi connectivity index (χ3n) is 11.4. The van der Waals surface area contributed by atoms with Crippen LogP contribution in [0.5, 0.6) is 17.2 Å². The molecule has 0 radical (unpaired) electrons. The molecule has 0 atom stereocenters. The third kappa shape index (κ3) is 18.5. The third-order valence-corrected chi connectivity index (χ3v) is 12.6. The van der Waals surface area contributed by atoms with E-state index < -0.39 is 22.0 Å². The van der Waals surface area contributed by atoms with Crippen LogP contribution in [-0.2, 0) is 27.2 Å². The van der Waals surface area contributed by atoms with Crippen LogP contribution in [-0.4, -0.2) is 113 Å². The van der Waals surface area contributed by atoms with E-state index in [-0.39, 0.29) is 47.7 Å². The Hall–Kier alpha value is -9.09. The number of carbonyl (C=O) groups excluding carboxylic acids is 6. The monoisotopic (exact) mass is 1190 g/mol. The second-order valence-corrected chi connectivity index (χ2v) is 20.5. The number of hydrogen-bond acceptors (Lipinski definition) is 19. The Bertz CT molecular complexity index is 3390. The molecule has 3 heterocycles. The standard InChI is InChI=1S/2C19H17ClN4O3.C17H14Cl2O3.CH3N5/c2*1-19(2,16(25)11-17-21-23-24-22-17)27-15-9-5-13(6-10-15)18(26)12-3-7-14(20)8-4-12;1-17(2,16(19)21)22-14-9-5-12(6-10-14)15(20)11-3-7-13(18)8-4-11;2-1-3-5-6-4-1/h2*3-10H,11H2,1-2H3,(H,21,22,23,24);3-10H,1-2H3;(H3,2,3,4,5,6). The molecule has 26 heteroatoms. The predicted octanol–water partition coefficient (Wildman–Crippen LogP) is 9.38. The maximum absolute atomic E-state index is 12.5. The summed E-state index contributed by atoms with van der Waals surface area (Å²) in [5.74, 6) is 1.48. The molecule has 0 bridgehead atoms. The summed E-state index contributed by atoms with van der Waals surface area (Å²) in [5, 5.41) is 39.7. The Kier molecular flexibility index (Phi) is 21.5. The number of aromatic nitrogens is 12. The van der Waals surface area contributed by atoms with Gasteiger partial charge in [0.15, 0.2) is 57.4 Å². The fraction of sp³-hybridized carbons (Fsp3) is 0.196. The van der Waals surface area contributed by atoms with E-state index in [9.17, 15) is 28.8 Å². The van der Waals surface area contributed by atoms with Crippen LogP contribution in [0, 0.1) is 0 Å². The van der Waals surface area contributed by atoms with Crippen molar-refractivity contribution < 1.29 is 43.0 Å². The molecule has 0 aliphatic heterocycles. The lowest BCUT2D eigenvalue weighted by Gasteiger charge is -2.24. The molecule has 6 aromatic carbocycles. The molecule has 9 aromatic rings. The van der Waals surface area contributed by atoms with Crippen LogP contribution in [0.3, 0.4) is 0 Å². The second-order valence-electron chi connectivity index (χ2n) is 18.8. The van der Waals surface area contributed by atoms with Gasteiger partial charge in [-0.15, -0.1) is 25.5 Å². The van der Waals surface area contributed by atoms with Gasteiger partial charge in [-0.05, 0) is 204 Å². The summed E-state index contributed by atoms with van der Waals surface area (Å²) in [5.41, 5.74) is 4.87. The number of nitrogen functional groups attached to an aromatic ring is 1. The van der Waals surface area contributed by atoms with Crippen LogP contribution in [0.4, 0.5) is 5.95 Å². The van der Waals surface area contributed by atoms with E-state index in [0.717, 1.165) is 0 Å². The molecule has 3 aromatic heterocycles. The van der Waals surface area contributed by atoms with Crippen molar-refractivity contribution in [2.75, 3.05) is 5.73 Å². The summed E-state index contributed by atoms with van der Waals surface area (Å²) in [6.45, 7) is 9.83. The Morgan fingerprint density at radius 1 is 0.402 bits per heavy atom. The summed E-state index contributed by atoms with van der Waals surface area (Å²) in [6, 6.07) is 39.9. The highest BCUT2D eigenvalue weighted by Crippen LogP contribution is 2.26. The number of nitrogens with zero attached hydrogens (tertiary/aromatic N) is 9. The number of ether oxygens (including phenoxy) is 3. The first-order chi connectivity index (χ1) is 38.9. The lowest BCUT2D eigenvalue weighted by atomic mass is 10.00. The molecule has 0 saturated carbocycles. The van der Waals surface area contributed by atoms with Crippen molar-refractivity contribution >= 4 is 86.5 Å². The van der Waals surface area contributed by atoms with Crippen LogP contribution in [0.25, 0.3) is 0 Å². The van der Waals surface area contributed by atoms with Gasteiger partial charge < -0.3 is 19.9 Å². The van der Waals surface area contributed by atoms with Crippen molar-refractivity contribution in [3.05, 3.63) is 206 Å². The van der Waals surface area contributed by atoms with Crippen LogP contribution in [0.15, 0.2) is 146 Å². The highest BCUT2D eigenvalue weighted by atomic mass is 35.5. The van der Waals surface area contributed by atoms with Gasteiger partial charge in [0.25, 0.3) is 11.2 Å². The highest BCUT2D eigenvalue weighted by molar-refractivity contribution is 6.65. The summed E-state index contributed by atoms with van der Waals surface area (Å²) in [7, 11) is 0. The first-order valence-corrected chi connectivity index (χ1v) is 25.9. The molecule has 0 aliphatic carbocycles. The second kappa shape index (κ2) is 28.4. The Morgan fingerprint density at radius 3 is 0.878 bits per heavy atom. The number of carbonyl (C=O) groups is 6. The van der Waals surface area contributed by atoms with E-state index in [0.29, 0.717) is 77.3 Å². The molecule has 0 fully saturated rings. The number of H-pyrrole nitrogens is 3. The van der Waals surface area contributed by atoms with E-state index in [2.05, 4.69) is 61.9 Å². The molecule has 9 rings (SSSR count).